The van der Waals surface area contributed by atoms with Crippen molar-refractivity contribution >= 4 is 0 Å². The lowest BCUT2D eigenvalue weighted by Crippen LogP contribution is -2.41. The molecule has 3 aliphatic carbocycles. The topological polar surface area (TPSA) is 74.2 Å². The zero-order valence-corrected chi connectivity index (χ0v) is 22.7. The van der Waals surface area contributed by atoms with Gasteiger partial charge < -0.3 is 19.7 Å². The first-order chi connectivity index (χ1) is 17.6. The Balaban J connectivity index is 1.35. The van der Waals surface area contributed by atoms with E-state index in [0.29, 0.717) is 12.1 Å². The summed E-state index contributed by atoms with van der Waals surface area (Å²) in [5.41, 5.74) is 0. The first kappa shape index (κ1) is 29.8. The molecular formula is C29H53FN2O4. The summed E-state index contributed by atoms with van der Waals surface area (Å²) in [6.45, 7) is 4.85. The van der Waals surface area contributed by atoms with Gasteiger partial charge in [-0.05, 0) is 82.7 Å². The molecule has 0 aromatic carbocycles. The Kier molecular flexibility index (Phi) is 14.1. The molecule has 3 aliphatic rings. The van der Waals surface area contributed by atoms with Crippen molar-refractivity contribution in [2.75, 3.05) is 39.5 Å². The van der Waals surface area contributed by atoms with E-state index in [1.165, 1.54) is 32.1 Å². The number of nitrogens with one attached hydrogen (secondary N) is 1. The minimum atomic E-state index is -0.687. The van der Waals surface area contributed by atoms with Gasteiger partial charge in [0.05, 0.1) is 25.4 Å². The average molecular weight is 513 g/mol. The average Bonchev–Trinajstić information content (AvgIpc) is 2.92. The molecule has 3 unspecified atom stereocenters. The number of halogens is 1. The molecule has 0 radical (unpaired) electrons. The molecule has 3 rings (SSSR count). The van der Waals surface area contributed by atoms with E-state index in [-0.39, 0.29) is 30.9 Å². The van der Waals surface area contributed by atoms with Crippen molar-refractivity contribution in [1.29, 1.82) is 0 Å². The van der Waals surface area contributed by atoms with Gasteiger partial charge in [0, 0.05) is 25.1 Å². The van der Waals surface area contributed by atoms with Crippen molar-refractivity contribution in [1.82, 2.24) is 10.2 Å². The summed E-state index contributed by atoms with van der Waals surface area (Å²) in [7, 11) is 0. The number of rotatable bonds is 15. The summed E-state index contributed by atoms with van der Waals surface area (Å²) in [5, 5.41) is 24.2. The normalized spacial score (nSPS) is 29.5. The number of alkyl halides is 1. The van der Waals surface area contributed by atoms with Gasteiger partial charge in [0.25, 0.3) is 0 Å². The predicted molar refractivity (Wildman–Crippen MR) is 143 cm³/mol. The van der Waals surface area contributed by atoms with Crippen molar-refractivity contribution in [3.63, 3.8) is 0 Å². The highest BCUT2D eigenvalue weighted by atomic mass is 19.1. The fourth-order valence-corrected chi connectivity index (χ4v) is 6.41. The number of ether oxygens (including phenoxy) is 2. The summed E-state index contributed by atoms with van der Waals surface area (Å²) in [6.07, 6.45) is 17.7. The Morgan fingerprint density at radius 1 is 1.00 bits per heavy atom. The van der Waals surface area contributed by atoms with E-state index in [2.05, 4.69) is 17.1 Å². The highest BCUT2D eigenvalue weighted by molar-refractivity contribution is 4.97. The predicted octanol–water partition coefficient (Wildman–Crippen LogP) is 5.50. The molecule has 210 valence electrons. The molecule has 0 spiro atoms. The van der Waals surface area contributed by atoms with E-state index in [9.17, 15) is 14.6 Å². The van der Waals surface area contributed by atoms with Crippen LogP contribution in [0.3, 0.4) is 0 Å². The minimum absolute atomic E-state index is 0.0236. The van der Waals surface area contributed by atoms with Gasteiger partial charge in [-0.15, -0.1) is 0 Å². The van der Waals surface area contributed by atoms with E-state index in [1.54, 1.807) is 0 Å². The third-order valence-electron chi connectivity index (χ3n) is 8.56. The molecule has 0 aliphatic heterocycles. The van der Waals surface area contributed by atoms with Crippen LogP contribution in [0.25, 0.3) is 0 Å². The van der Waals surface area contributed by atoms with Gasteiger partial charge in [0.15, 0.2) is 0 Å². The van der Waals surface area contributed by atoms with Crippen LogP contribution in [0.4, 0.5) is 4.39 Å². The molecule has 0 aromatic rings. The van der Waals surface area contributed by atoms with Crippen molar-refractivity contribution in [3.05, 3.63) is 11.8 Å². The molecule has 3 fully saturated rings. The van der Waals surface area contributed by atoms with E-state index in [4.69, 9.17) is 9.47 Å². The first-order valence-corrected chi connectivity index (χ1v) is 14.9. The van der Waals surface area contributed by atoms with Crippen LogP contribution in [0.15, 0.2) is 11.8 Å². The highest BCUT2D eigenvalue weighted by Crippen LogP contribution is 2.29. The van der Waals surface area contributed by atoms with Gasteiger partial charge in [0.2, 0.25) is 0 Å². The van der Waals surface area contributed by atoms with Crippen LogP contribution in [0.5, 0.6) is 0 Å². The Bertz CT molecular complexity index is 608. The van der Waals surface area contributed by atoms with Gasteiger partial charge in [-0.1, -0.05) is 32.6 Å². The van der Waals surface area contributed by atoms with Crippen LogP contribution in [0.1, 0.15) is 96.8 Å². The molecule has 0 heterocycles. The molecule has 0 aromatic heterocycles. The SMILES string of the molecule is CCCN(C/C=C(\O)CNC(O)C1CCCC(OCCF)C1)C1CCC(OCC2CCCCC2)CC1. The quantitative estimate of drug-likeness (QED) is 0.199. The van der Waals surface area contributed by atoms with Crippen molar-refractivity contribution in [2.45, 2.75) is 121 Å². The van der Waals surface area contributed by atoms with Crippen LogP contribution in [-0.2, 0) is 9.47 Å². The maximum Gasteiger partial charge on any atom is 0.113 e. The fourth-order valence-electron chi connectivity index (χ4n) is 6.41. The molecule has 0 saturated heterocycles. The number of hydrogen-bond acceptors (Lipinski definition) is 6. The van der Waals surface area contributed by atoms with Crippen molar-refractivity contribution in [2.24, 2.45) is 11.8 Å². The van der Waals surface area contributed by atoms with Crippen molar-refractivity contribution < 1.29 is 24.1 Å². The smallest absolute Gasteiger partial charge is 0.113 e. The third-order valence-corrected chi connectivity index (χ3v) is 8.56. The van der Waals surface area contributed by atoms with E-state index in [1.807, 2.05) is 6.08 Å². The standard InChI is InChI=1S/C29H53FN2O4/c1-2-17-32(25-11-13-27(14-12-25)36-22-23-7-4-3-5-8-23)18-15-26(33)21-31-29(34)24-9-6-10-28(20-24)35-19-16-30/h15,23-25,27-29,31,33-34H,2-14,16-22H2,1H3/b26-15-. The van der Waals surface area contributed by atoms with Crippen molar-refractivity contribution in [3.8, 4) is 0 Å². The highest BCUT2D eigenvalue weighted by Gasteiger charge is 2.28. The second-order valence-corrected chi connectivity index (χ2v) is 11.4. The van der Waals surface area contributed by atoms with Gasteiger partial charge >= 0.3 is 0 Å². The van der Waals surface area contributed by atoms with Crippen LogP contribution < -0.4 is 5.32 Å². The lowest BCUT2D eigenvalue weighted by Gasteiger charge is -2.37. The summed E-state index contributed by atoms with van der Waals surface area (Å²) < 4.78 is 24.2. The summed E-state index contributed by atoms with van der Waals surface area (Å²) in [5.74, 6) is 1.13. The molecule has 7 heteroatoms. The maximum atomic E-state index is 12.4. The van der Waals surface area contributed by atoms with Crippen LogP contribution in [-0.4, -0.2) is 79.1 Å². The van der Waals surface area contributed by atoms with E-state index < -0.39 is 12.9 Å². The zero-order valence-electron chi connectivity index (χ0n) is 22.7. The van der Waals surface area contributed by atoms with E-state index in [0.717, 1.165) is 83.4 Å². The van der Waals surface area contributed by atoms with Crippen LogP contribution in [0, 0.1) is 11.8 Å². The van der Waals surface area contributed by atoms with Gasteiger partial charge in [-0.3, -0.25) is 10.2 Å². The monoisotopic (exact) mass is 512 g/mol. The second kappa shape index (κ2) is 17.0. The Hall–Kier alpha value is -0.730. The largest absolute Gasteiger partial charge is 0.511 e. The minimum Gasteiger partial charge on any atom is -0.511 e. The molecule has 3 atom stereocenters. The zero-order chi connectivity index (χ0) is 25.6. The van der Waals surface area contributed by atoms with Crippen LogP contribution >= 0.6 is 0 Å². The fraction of sp³-hybridized carbons (Fsp3) is 0.931. The molecule has 0 bridgehead atoms. The molecule has 3 saturated carbocycles. The van der Waals surface area contributed by atoms with Gasteiger partial charge in [-0.25, -0.2) is 4.39 Å². The lowest BCUT2D eigenvalue weighted by atomic mass is 9.86. The number of aliphatic hydroxyl groups is 2. The van der Waals surface area contributed by atoms with Gasteiger partial charge in [0.1, 0.15) is 18.7 Å². The number of nitrogens with zero attached hydrogens (tertiary/aromatic N) is 1. The molecule has 3 N–H and O–H groups in total. The van der Waals surface area contributed by atoms with E-state index >= 15 is 0 Å². The Morgan fingerprint density at radius 2 is 1.78 bits per heavy atom. The third kappa shape index (κ3) is 10.6. The first-order valence-electron chi connectivity index (χ1n) is 14.9. The summed E-state index contributed by atoms with van der Waals surface area (Å²) in [4.78, 5) is 2.50. The number of aliphatic hydroxyl groups excluding tert-OH is 2. The summed E-state index contributed by atoms with van der Waals surface area (Å²) in [6, 6.07) is 0.547. The maximum absolute atomic E-state index is 12.4. The summed E-state index contributed by atoms with van der Waals surface area (Å²) >= 11 is 0. The lowest BCUT2D eigenvalue weighted by molar-refractivity contribution is -0.0278. The molecule has 36 heavy (non-hydrogen) atoms. The number of hydrogen-bond donors (Lipinski definition) is 3. The molecular weight excluding hydrogens is 459 g/mol. The Labute approximate surface area is 219 Å². The molecule has 6 nitrogen and oxygen atoms in total. The molecule has 0 amide bonds. The second-order valence-electron chi connectivity index (χ2n) is 11.4. The Morgan fingerprint density at radius 3 is 2.50 bits per heavy atom. The van der Waals surface area contributed by atoms with Crippen LogP contribution in [0.2, 0.25) is 0 Å². The van der Waals surface area contributed by atoms with Gasteiger partial charge in [-0.2, -0.15) is 0 Å².